The molecule has 0 N–H and O–H groups in total. The Morgan fingerprint density at radius 2 is 2.19 bits per heavy atom. The van der Waals surface area contributed by atoms with E-state index in [1.54, 1.807) is 16.8 Å². The van der Waals surface area contributed by atoms with E-state index in [2.05, 4.69) is 0 Å². The van der Waals surface area contributed by atoms with E-state index in [0.717, 1.165) is 12.8 Å². The molecule has 0 aromatic heterocycles. The third kappa shape index (κ3) is 2.29. The Morgan fingerprint density at radius 1 is 1.43 bits per heavy atom. The first kappa shape index (κ1) is 14.3. The van der Waals surface area contributed by atoms with Gasteiger partial charge in [-0.15, -0.1) is 0 Å². The Labute approximate surface area is 127 Å². The standard InChI is InChI=1S/C15H16ClFN2O2/c1-18-8-12-9(14(18)20)5-3-7-19(12)15(21)10-4-2-6-11(17)13(10)16/h2,4,6,9,12H,3,5,7-8H2,1H3/t9-,12-/m1/s1. The van der Waals surface area contributed by atoms with Gasteiger partial charge in [-0.25, -0.2) is 4.39 Å². The fourth-order valence-electron chi connectivity index (χ4n) is 3.30. The van der Waals surface area contributed by atoms with Crippen LogP contribution in [0.25, 0.3) is 0 Å². The van der Waals surface area contributed by atoms with Crippen LogP contribution in [-0.2, 0) is 4.79 Å². The summed E-state index contributed by atoms with van der Waals surface area (Å²) in [5, 5.41) is -0.151. The number of rotatable bonds is 1. The number of benzene rings is 1. The maximum absolute atomic E-state index is 13.5. The van der Waals surface area contributed by atoms with E-state index in [1.165, 1.54) is 18.2 Å². The molecule has 0 radical (unpaired) electrons. The number of carbonyl (C=O) groups is 2. The number of piperidine rings is 1. The van der Waals surface area contributed by atoms with Crippen LogP contribution in [-0.4, -0.2) is 47.8 Å². The summed E-state index contributed by atoms with van der Waals surface area (Å²) >= 11 is 5.91. The number of carbonyl (C=O) groups excluding carboxylic acids is 2. The number of nitrogens with zero attached hydrogens (tertiary/aromatic N) is 2. The van der Waals surface area contributed by atoms with Crippen LogP contribution in [0.5, 0.6) is 0 Å². The van der Waals surface area contributed by atoms with E-state index < -0.39 is 5.82 Å². The second-order valence-electron chi connectivity index (χ2n) is 5.63. The van der Waals surface area contributed by atoms with Crippen molar-refractivity contribution in [2.45, 2.75) is 18.9 Å². The minimum atomic E-state index is -0.601. The smallest absolute Gasteiger partial charge is 0.255 e. The molecule has 4 nitrogen and oxygen atoms in total. The predicted octanol–water partition coefficient (Wildman–Crippen LogP) is 2.17. The highest BCUT2D eigenvalue weighted by molar-refractivity contribution is 6.34. The molecule has 112 valence electrons. The molecule has 2 aliphatic heterocycles. The Balaban J connectivity index is 1.91. The van der Waals surface area contributed by atoms with Crippen LogP contribution in [0.4, 0.5) is 4.39 Å². The predicted molar refractivity (Wildman–Crippen MR) is 76.6 cm³/mol. The lowest BCUT2D eigenvalue weighted by Crippen LogP contribution is -2.48. The van der Waals surface area contributed by atoms with Crippen molar-refractivity contribution >= 4 is 23.4 Å². The molecular formula is C15H16ClFN2O2. The Hall–Kier alpha value is -1.62. The molecule has 2 aliphatic rings. The second-order valence-corrected chi connectivity index (χ2v) is 6.01. The number of amides is 2. The summed E-state index contributed by atoms with van der Waals surface area (Å²) in [6, 6.07) is 4.09. The Morgan fingerprint density at radius 3 is 2.95 bits per heavy atom. The van der Waals surface area contributed by atoms with E-state index in [9.17, 15) is 14.0 Å². The molecule has 2 atom stereocenters. The lowest BCUT2D eigenvalue weighted by molar-refractivity contribution is -0.130. The third-order valence-electron chi connectivity index (χ3n) is 4.38. The highest BCUT2D eigenvalue weighted by Crippen LogP contribution is 2.33. The van der Waals surface area contributed by atoms with E-state index in [1.807, 2.05) is 0 Å². The Bertz CT molecular complexity index is 607. The molecule has 21 heavy (non-hydrogen) atoms. The van der Waals surface area contributed by atoms with Gasteiger partial charge in [0.25, 0.3) is 5.91 Å². The molecular weight excluding hydrogens is 295 g/mol. The van der Waals surface area contributed by atoms with Crippen LogP contribution in [0, 0.1) is 11.7 Å². The molecule has 3 rings (SSSR count). The van der Waals surface area contributed by atoms with Gasteiger partial charge >= 0.3 is 0 Å². The fourth-order valence-corrected chi connectivity index (χ4v) is 3.51. The molecule has 0 aliphatic carbocycles. The zero-order valence-electron chi connectivity index (χ0n) is 11.7. The van der Waals surface area contributed by atoms with Crippen molar-refractivity contribution in [1.82, 2.24) is 9.80 Å². The average molecular weight is 311 g/mol. The number of fused-ring (bicyclic) bond motifs is 1. The SMILES string of the molecule is CN1C[C@@H]2[C@@H](CCCN2C(=O)c2cccc(F)c2Cl)C1=O. The van der Waals surface area contributed by atoms with E-state index in [0.29, 0.717) is 13.1 Å². The molecule has 1 aromatic carbocycles. The zero-order valence-corrected chi connectivity index (χ0v) is 12.4. The van der Waals surface area contributed by atoms with Gasteiger partial charge in [-0.2, -0.15) is 0 Å². The molecule has 6 heteroatoms. The minimum Gasteiger partial charge on any atom is -0.343 e. The summed E-state index contributed by atoms with van der Waals surface area (Å²) in [6.45, 7) is 1.11. The normalized spacial score (nSPS) is 25.2. The van der Waals surface area contributed by atoms with Gasteiger partial charge in [-0.3, -0.25) is 9.59 Å². The summed E-state index contributed by atoms with van der Waals surface area (Å²) in [6.07, 6.45) is 1.58. The van der Waals surface area contributed by atoms with Crippen molar-refractivity contribution in [2.24, 2.45) is 5.92 Å². The molecule has 2 amide bonds. The summed E-state index contributed by atoms with van der Waals surface area (Å²) < 4.78 is 13.5. The Kier molecular flexibility index (Phi) is 3.61. The lowest BCUT2D eigenvalue weighted by Gasteiger charge is -2.36. The first-order valence-corrected chi connectivity index (χ1v) is 7.38. The van der Waals surface area contributed by atoms with Crippen LogP contribution in [0.3, 0.4) is 0 Å². The lowest BCUT2D eigenvalue weighted by atomic mass is 9.91. The van der Waals surface area contributed by atoms with Crippen molar-refractivity contribution in [3.05, 3.63) is 34.6 Å². The first-order chi connectivity index (χ1) is 10.0. The summed E-state index contributed by atoms with van der Waals surface area (Å²) in [5.41, 5.74) is 0.166. The van der Waals surface area contributed by atoms with Gasteiger partial charge in [-0.05, 0) is 25.0 Å². The van der Waals surface area contributed by atoms with Crippen LogP contribution >= 0.6 is 11.6 Å². The first-order valence-electron chi connectivity index (χ1n) is 7.00. The van der Waals surface area contributed by atoms with Crippen LogP contribution in [0.2, 0.25) is 5.02 Å². The molecule has 0 unspecified atom stereocenters. The second kappa shape index (κ2) is 5.30. The molecule has 0 bridgehead atoms. The van der Waals surface area contributed by atoms with E-state index in [-0.39, 0.29) is 34.4 Å². The van der Waals surface area contributed by atoms with Gasteiger partial charge in [0.15, 0.2) is 0 Å². The highest BCUT2D eigenvalue weighted by atomic mass is 35.5. The van der Waals surface area contributed by atoms with Crippen LogP contribution in [0.1, 0.15) is 23.2 Å². The molecule has 0 saturated carbocycles. The number of likely N-dealkylation sites (N-methyl/N-ethyl adjacent to an activating group) is 1. The maximum Gasteiger partial charge on any atom is 0.255 e. The quantitative estimate of drug-likeness (QED) is 0.797. The van der Waals surface area contributed by atoms with Gasteiger partial charge in [0.05, 0.1) is 22.5 Å². The number of halogens is 2. The van der Waals surface area contributed by atoms with E-state index in [4.69, 9.17) is 11.6 Å². The highest BCUT2D eigenvalue weighted by Gasteiger charge is 2.45. The number of hydrogen-bond acceptors (Lipinski definition) is 2. The van der Waals surface area contributed by atoms with Gasteiger partial charge in [-0.1, -0.05) is 17.7 Å². The van der Waals surface area contributed by atoms with Crippen molar-refractivity contribution in [1.29, 1.82) is 0 Å². The van der Waals surface area contributed by atoms with Crippen molar-refractivity contribution in [3.63, 3.8) is 0 Å². The van der Waals surface area contributed by atoms with Gasteiger partial charge in [0, 0.05) is 20.1 Å². The topological polar surface area (TPSA) is 40.6 Å². The van der Waals surface area contributed by atoms with Gasteiger partial charge < -0.3 is 9.80 Å². The van der Waals surface area contributed by atoms with E-state index >= 15 is 0 Å². The van der Waals surface area contributed by atoms with Gasteiger partial charge in [0.2, 0.25) is 5.91 Å². The maximum atomic E-state index is 13.5. The van der Waals surface area contributed by atoms with Crippen molar-refractivity contribution < 1.29 is 14.0 Å². The van der Waals surface area contributed by atoms with Crippen LogP contribution < -0.4 is 0 Å². The van der Waals surface area contributed by atoms with Gasteiger partial charge in [0.1, 0.15) is 5.82 Å². The summed E-state index contributed by atoms with van der Waals surface area (Å²) in [7, 11) is 1.75. The summed E-state index contributed by atoms with van der Waals surface area (Å²) in [4.78, 5) is 28.1. The fraction of sp³-hybridized carbons (Fsp3) is 0.467. The zero-order chi connectivity index (χ0) is 15.1. The van der Waals surface area contributed by atoms with Crippen molar-refractivity contribution in [2.75, 3.05) is 20.1 Å². The molecule has 2 fully saturated rings. The minimum absolute atomic E-state index is 0.0860. The van der Waals surface area contributed by atoms with Crippen LogP contribution in [0.15, 0.2) is 18.2 Å². The third-order valence-corrected chi connectivity index (χ3v) is 4.76. The molecule has 0 spiro atoms. The molecule has 2 heterocycles. The largest absolute Gasteiger partial charge is 0.343 e. The molecule has 2 saturated heterocycles. The average Bonchev–Trinajstić information content (AvgIpc) is 2.77. The monoisotopic (exact) mass is 310 g/mol. The number of likely N-dealkylation sites (tertiary alicyclic amines) is 2. The summed E-state index contributed by atoms with van der Waals surface area (Å²) in [5.74, 6) is -0.948. The number of hydrogen-bond donors (Lipinski definition) is 0. The van der Waals surface area contributed by atoms with Crippen molar-refractivity contribution in [3.8, 4) is 0 Å². The molecule has 1 aromatic rings.